The molecule has 0 N–H and O–H groups in total. The zero-order valence-electron chi connectivity index (χ0n) is 6.41. The van der Waals surface area contributed by atoms with Gasteiger partial charge in [-0.15, -0.1) is 0 Å². The lowest BCUT2D eigenvalue weighted by atomic mass is 10.1. The van der Waals surface area contributed by atoms with Crippen LogP contribution in [0, 0.1) is 0 Å². The third-order valence-electron chi connectivity index (χ3n) is 1.99. The standard InChI is InChI=1S/C9H15Br/c10-9-7-5-3-1-2-4-6-8-9/h7H,1-6,8H2. The third kappa shape index (κ3) is 3.40. The van der Waals surface area contributed by atoms with E-state index in [0.717, 1.165) is 0 Å². The van der Waals surface area contributed by atoms with Gasteiger partial charge < -0.3 is 0 Å². The number of hydrogen-bond donors (Lipinski definition) is 0. The van der Waals surface area contributed by atoms with Gasteiger partial charge in [-0.1, -0.05) is 41.3 Å². The Balaban J connectivity index is 2.29. The smallest absolute Gasteiger partial charge is 0.00892 e. The van der Waals surface area contributed by atoms with Crippen molar-refractivity contribution in [2.75, 3.05) is 0 Å². The molecule has 0 aromatic carbocycles. The summed E-state index contributed by atoms with van der Waals surface area (Å²) in [5, 5.41) is 0. The van der Waals surface area contributed by atoms with Crippen molar-refractivity contribution >= 4 is 15.9 Å². The van der Waals surface area contributed by atoms with Crippen molar-refractivity contribution in [2.24, 2.45) is 0 Å². The average Bonchev–Trinajstić information content (AvgIpc) is 2.02. The van der Waals surface area contributed by atoms with E-state index in [4.69, 9.17) is 0 Å². The minimum absolute atomic E-state index is 1.26. The Kier molecular flexibility index (Phi) is 4.12. The maximum Gasteiger partial charge on any atom is -0.00892 e. The van der Waals surface area contributed by atoms with Crippen LogP contribution in [0.3, 0.4) is 0 Å². The van der Waals surface area contributed by atoms with E-state index in [0.29, 0.717) is 0 Å². The highest BCUT2D eigenvalue weighted by atomic mass is 79.9. The van der Waals surface area contributed by atoms with Gasteiger partial charge in [0.1, 0.15) is 0 Å². The van der Waals surface area contributed by atoms with E-state index in [1.54, 1.807) is 0 Å². The molecule has 0 aromatic heterocycles. The van der Waals surface area contributed by atoms with Crippen LogP contribution in [0.25, 0.3) is 0 Å². The molecule has 0 aromatic rings. The topological polar surface area (TPSA) is 0 Å². The summed E-state index contributed by atoms with van der Waals surface area (Å²) in [6.07, 6.45) is 11.9. The number of rotatable bonds is 0. The fraction of sp³-hybridized carbons (Fsp3) is 0.778. The summed E-state index contributed by atoms with van der Waals surface area (Å²) in [6, 6.07) is 0. The lowest BCUT2D eigenvalue weighted by molar-refractivity contribution is 0.631. The molecule has 0 heterocycles. The van der Waals surface area contributed by atoms with E-state index >= 15 is 0 Å². The second-order valence-corrected chi connectivity index (χ2v) is 3.98. The van der Waals surface area contributed by atoms with Gasteiger partial charge in [-0.2, -0.15) is 0 Å². The summed E-state index contributed by atoms with van der Waals surface area (Å²) >= 11 is 3.57. The lowest BCUT2D eigenvalue weighted by Gasteiger charge is -1.95. The van der Waals surface area contributed by atoms with Gasteiger partial charge >= 0.3 is 0 Å². The molecular formula is C9H15Br. The van der Waals surface area contributed by atoms with Crippen molar-refractivity contribution in [1.29, 1.82) is 0 Å². The molecule has 0 radical (unpaired) electrons. The summed E-state index contributed by atoms with van der Waals surface area (Å²) in [6.45, 7) is 0. The molecule has 0 aliphatic heterocycles. The highest BCUT2D eigenvalue weighted by Crippen LogP contribution is 2.20. The zero-order chi connectivity index (χ0) is 7.23. The average molecular weight is 203 g/mol. The molecule has 0 spiro atoms. The third-order valence-corrected chi connectivity index (χ3v) is 2.71. The van der Waals surface area contributed by atoms with Crippen LogP contribution in [0.2, 0.25) is 0 Å². The van der Waals surface area contributed by atoms with E-state index < -0.39 is 0 Å². The minimum Gasteiger partial charge on any atom is -0.0744 e. The van der Waals surface area contributed by atoms with Crippen molar-refractivity contribution in [3.63, 3.8) is 0 Å². The van der Waals surface area contributed by atoms with E-state index in [2.05, 4.69) is 22.0 Å². The maximum atomic E-state index is 3.57. The van der Waals surface area contributed by atoms with Crippen LogP contribution in [0.1, 0.15) is 44.9 Å². The Morgan fingerprint density at radius 2 is 1.70 bits per heavy atom. The molecule has 58 valence electrons. The van der Waals surface area contributed by atoms with E-state index in [-0.39, 0.29) is 0 Å². The van der Waals surface area contributed by atoms with E-state index in [9.17, 15) is 0 Å². The van der Waals surface area contributed by atoms with Crippen LogP contribution >= 0.6 is 15.9 Å². The van der Waals surface area contributed by atoms with Crippen LogP contribution in [-0.4, -0.2) is 0 Å². The molecule has 1 aliphatic rings. The molecule has 0 saturated heterocycles. The molecule has 10 heavy (non-hydrogen) atoms. The fourth-order valence-electron chi connectivity index (χ4n) is 1.33. The quantitative estimate of drug-likeness (QED) is 0.558. The Labute approximate surface area is 71.8 Å². The highest BCUT2D eigenvalue weighted by molar-refractivity contribution is 9.11. The molecule has 1 rings (SSSR count). The lowest BCUT2D eigenvalue weighted by Crippen LogP contribution is -1.75. The Hall–Kier alpha value is 0.220. The normalized spacial score (nSPS) is 22.3. The molecule has 0 amide bonds. The molecule has 0 bridgehead atoms. The van der Waals surface area contributed by atoms with Gasteiger partial charge in [0.25, 0.3) is 0 Å². The van der Waals surface area contributed by atoms with Crippen LogP contribution in [-0.2, 0) is 0 Å². The van der Waals surface area contributed by atoms with Crippen molar-refractivity contribution < 1.29 is 0 Å². The van der Waals surface area contributed by atoms with Gasteiger partial charge in [-0.3, -0.25) is 0 Å². The van der Waals surface area contributed by atoms with Crippen molar-refractivity contribution in [3.8, 4) is 0 Å². The van der Waals surface area contributed by atoms with Gasteiger partial charge in [0.2, 0.25) is 0 Å². The van der Waals surface area contributed by atoms with Gasteiger partial charge in [0, 0.05) is 0 Å². The summed E-state index contributed by atoms with van der Waals surface area (Å²) in [7, 11) is 0. The highest BCUT2D eigenvalue weighted by Gasteiger charge is 1.96. The first-order valence-corrected chi connectivity index (χ1v) is 5.03. The zero-order valence-corrected chi connectivity index (χ0v) is 7.99. The van der Waals surface area contributed by atoms with Crippen LogP contribution in [0.5, 0.6) is 0 Å². The van der Waals surface area contributed by atoms with Gasteiger partial charge in [0.15, 0.2) is 0 Å². The molecule has 0 fully saturated rings. The second-order valence-electron chi connectivity index (χ2n) is 2.96. The van der Waals surface area contributed by atoms with Gasteiger partial charge in [0.05, 0.1) is 0 Å². The molecule has 0 atom stereocenters. The first kappa shape index (κ1) is 8.32. The van der Waals surface area contributed by atoms with E-state index in [1.807, 2.05) is 0 Å². The predicted molar refractivity (Wildman–Crippen MR) is 49.3 cm³/mol. The second kappa shape index (κ2) is 4.95. The first-order valence-electron chi connectivity index (χ1n) is 4.24. The molecule has 1 aliphatic carbocycles. The summed E-state index contributed by atoms with van der Waals surface area (Å²) in [5.41, 5.74) is 0. The van der Waals surface area contributed by atoms with Crippen LogP contribution < -0.4 is 0 Å². The molecule has 0 saturated carbocycles. The molecule has 1 heteroatoms. The molecular weight excluding hydrogens is 188 g/mol. The van der Waals surface area contributed by atoms with Gasteiger partial charge in [-0.25, -0.2) is 0 Å². The first-order chi connectivity index (χ1) is 4.89. The number of halogens is 1. The monoisotopic (exact) mass is 202 g/mol. The molecule has 0 unspecified atom stereocenters. The van der Waals surface area contributed by atoms with Crippen LogP contribution in [0.15, 0.2) is 10.6 Å². The SMILES string of the molecule is BrC1=CCCCCCCC1. The van der Waals surface area contributed by atoms with Crippen molar-refractivity contribution in [1.82, 2.24) is 0 Å². The molecule has 0 nitrogen and oxygen atoms in total. The minimum atomic E-state index is 1.26. The van der Waals surface area contributed by atoms with Crippen LogP contribution in [0.4, 0.5) is 0 Å². The largest absolute Gasteiger partial charge is 0.0744 e. The predicted octanol–water partition coefficient (Wildman–Crippen LogP) is 4.01. The Morgan fingerprint density at radius 1 is 1.00 bits per heavy atom. The Morgan fingerprint density at radius 3 is 2.60 bits per heavy atom. The van der Waals surface area contributed by atoms with Gasteiger partial charge in [-0.05, 0) is 30.2 Å². The Bertz CT molecular complexity index is 116. The summed E-state index contributed by atoms with van der Waals surface area (Å²) in [4.78, 5) is 0. The number of allylic oxidation sites excluding steroid dienone is 2. The number of hydrogen-bond acceptors (Lipinski definition) is 0. The summed E-state index contributed by atoms with van der Waals surface area (Å²) in [5.74, 6) is 0. The van der Waals surface area contributed by atoms with Crippen molar-refractivity contribution in [3.05, 3.63) is 10.6 Å². The van der Waals surface area contributed by atoms with E-state index in [1.165, 1.54) is 49.4 Å². The van der Waals surface area contributed by atoms with Crippen molar-refractivity contribution in [2.45, 2.75) is 44.9 Å². The fourth-order valence-corrected chi connectivity index (χ4v) is 1.84. The summed E-state index contributed by atoms with van der Waals surface area (Å²) < 4.78 is 1.43. The maximum absolute atomic E-state index is 3.57.